The third-order valence-corrected chi connectivity index (χ3v) is 10.4. The fourth-order valence-corrected chi connectivity index (χ4v) is 7.57. The molecule has 2 aliphatic rings. The summed E-state index contributed by atoms with van der Waals surface area (Å²) in [7, 11) is 3.31. The Morgan fingerprint density at radius 3 is 2.51 bits per heavy atom. The van der Waals surface area contributed by atoms with Gasteiger partial charge in [-0.3, -0.25) is 19.2 Å². The van der Waals surface area contributed by atoms with E-state index in [9.17, 15) is 15.0 Å². The van der Waals surface area contributed by atoms with Crippen LogP contribution in [0.15, 0.2) is 59.7 Å². The molecular weight excluding hydrogens is 665 g/mol. The van der Waals surface area contributed by atoms with E-state index in [0.717, 1.165) is 36.8 Å². The maximum absolute atomic E-state index is 13.3. The van der Waals surface area contributed by atoms with Gasteiger partial charge in [0.15, 0.2) is 0 Å². The Hall–Kier alpha value is -3.84. The summed E-state index contributed by atoms with van der Waals surface area (Å²) >= 11 is 14.1. The summed E-state index contributed by atoms with van der Waals surface area (Å²) in [5, 5.41) is 29.1. The third-order valence-electron chi connectivity index (χ3n) is 9.57. The zero-order valence-corrected chi connectivity index (χ0v) is 29.2. The molecule has 11 nitrogen and oxygen atoms in total. The summed E-state index contributed by atoms with van der Waals surface area (Å²) in [5.41, 5.74) is 4.37. The lowest BCUT2D eigenvalue weighted by Gasteiger charge is -2.44. The molecule has 3 N–H and O–H groups in total. The first-order valence-electron chi connectivity index (χ1n) is 16.4. The van der Waals surface area contributed by atoms with Gasteiger partial charge in [0, 0.05) is 72.9 Å². The third kappa shape index (κ3) is 6.71. The van der Waals surface area contributed by atoms with Crippen LogP contribution in [0.5, 0.6) is 5.88 Å². The lowest BCUT2D eigenvalue weighted by atomic mass is 9.93. The Labute approximate surface area is 294 Å². The van der Waals surface area contributed by atoms with E-state index in [2.05, 4.69) is 10.3 Å². The smallest absolute Gasteiger partial charge is 0.277 e. The lowest BCUT2D eigenvalue weighted by Crippen LogP contribution is -2.59. The van der Waals surface area contributed by atoms with Gasteiger partial charge >= 0.3 is 0 Å². The van der Waals surface area contributed by atoms with Crippen LogP contribution in [-0.4, -0.2) is 77.2 Å². The summed E-state index contributed by atoms with van der Waals surface area (Å²) in [6.45, 7) is 3.89. The highest BCUT2D eigenvalue weighted by molar-refractivity contribution is 6.39. The minimum atomic E-state index is -0.716. The topological polar surface area (TPSA) is 130 Å². The van der Waals surface area contributed by atoms with Gasteiger partial charge in [-0.1, -0.05) is 47.5 Å². The van der Waals surface area contributed by atoms with E-state index in [1.165, 1.54) is 4.57 Å². The van der Waals surface area contributed by atoms with Gasteiger partial charge in [0.25, 0.3) is 5.56 Å². The Morgan fingerprint density at radius 2 is 1.78 bits per heavy atom. The first-order chi connectivity index (χ1) is 23.5. The van der Waals surface area contributed by atoms with Crippen molar-refractivity contribution in [2.75, 3.05) is 20.2 Å². The molecule has 49 heavy (non-hydrogen) atoms. The molecule has 13 heteroatoms. The van der Waals surface area contributed by atoms with Crippen LogP contribution in [0.4, 0.5) is 0 Å². The molecule has 256 valence electrons. The molecule has 7 rings (SSSR count). The first kappa shape index (κ1) is 33.6. The maximum atomic E-state index is 13.3. The van der Waals surface area contributed by atoms with E-state index in [1.807, 2.05) is 41.3 Å². The van der Waals surface area contributed by atoms with E-state index in [1.54, 1.807) is 44.1 Å². The van der Waals surface area contributed by atoms with E-state index in [0.29, 0.717) is 87.6 Å². The molecule has 1 aliphatic carbocycles. The van der Waals surface area contributed by atoms with Crippen molar-refractivity contribution >= 4 is 28.7 Å². The van der Waals surface area contributed by atoms with Gasteiger partial charge in [0.05, 0.1) is 46.8 Å². The number of fused-ring (bicyclic) bond motifs is 1. The van der Waals surface area contributed by atoms with Crippen LogP contribution >= 0.6 is 23.2 Å². The quantitative estimate of drug-likeness (QED) is 0.192. The Balaban J connectivity index is 1.17. The highest BCUT2D eigenvalue weighted by Gasteiger charge is 2.37. The molecule has 0 radical (unpaired) electrons. The van der Waals surface area contributed by atoms with Crippen molar-refractivity contribution in [2.45, 2.75) is 63.4 Å². The van der Waals surface area contributed by atoms with E-state index < -0.39 is 5.60 Å². The minimum absolute atomic E-state index is 0.190. The molecule has 2 fully saturated rings. The fraction of sp³-hybridized carbons (Fsp3) is 0.389. The number of methoxy groups -OCH3 is 1. The molecule has 0 amide bonds. The molecular formula is C36H39Cl2N7O4. The van der Waals surface area contributed by atoms with Gasteiger partial charge in [-0.15, -0.1) is 0 Å². The van der Waals surface area contributed by atoms with Gasteiger partial charge in [-0.05, 0) is 50.8 Å². The number of halogens is 2. The normalized spacial score (nSPS) is 19.2. The predicted molar refractivity (Wildman–Crippen MR) is 190 cm³/mol. The number of benzene rings is 1. The zero-order valence-electron chi connectivity index (χ0n) is 27.7. The second kappa shape index (κ2) is 13.5. The van der Waals surface area contributed by atoms with Crippen LogP contribution in [0, 0.1) is 0 Å². The summed E-state index contributed by atoms with van der Waals surface area (Å²) in [6, 6.07) is 13.6. The van der Waals surface area contributed by atoms with Crippen LogP contribution in [0.2, 0.25) is 10.0 Å². The van der Waals surface area contributed by atoms with Gasteiger partial charge in [0.2, 0.25) is 5.88 Å². The van der Waals surface area contributed by atoms with Gasteiger partial charge < -0.3 is 20.3 Å². The number of β-amino-alcohol motifs (C(OH)–C–C–N with tert-alkyl or cyclic N) is 1. The number of aromatic nitrogens is 5. The molecule has 1 aromatic carbocycles. The van der Waals surface area contributed by atoms with E-state index in [-0.39, 0.29) is 11.7 Å². The zero-order chi connectivity index (χ0) is 34.4. The summed E-state index contributed by atoms with van der Waals surface area (Å²) < 4.78 is 8.79. The number of ether oxygens (including phenoxy) is 1. The number of hydrogen-bond donors (Lipinski definition) is 3. The largest absolute Gasteiger partial charge is 0.481 e. The van der Waals surface area contributed by atoms with Gasteiger partial charge in [0.1, 0.15) is 11.3 Å². The number of nitrogens with one attached hydrogen (secondary N) is 1. The molecule has 1 aliphatic heterocycles. The summed E-state index contributed by atoms with van der Waals surface area (Å²) in [4.78, 5) is 24.8. The molecule has 0 spiro atoms. The first-order valence-corrected chi connectivity index (χ1v) is 17.2. The minimum Gasteiger partial charge on any atom is -0.481 e. The van der Waals surface area contributed by atoms with Crippen molar-refractivity contribution in [3.05, 3.63) is 86.6 Å². The molecule has 0 unspecified atom stereocenters. The monoisotopic (exact) mass is 703 g/mol. The fourth-order valence-electron chi connectivity index (χ4n) is 6.93. The van der Waals surface area contributed by atoms with Crippen molar-refractivity contribution in [3.63, 3.8) is 0 Å². The van der Waals surface area contributed by atoms with Crippen molar-refractivity contribution in [2.24, 2.45) is 7.05 Å². The number of nitrogens with zero attached hydrogens (tertiary/aromatic N) is 6. The summed E-state index contributed by atoms with van der Waals surface area (Å²) in [5.74, 6) is 1.11. The number of aliphatic hydroxyl groups is 2. The van der Waals surface area contributed by atoms with Crippen LogP contribution in [0.3, 0.4) is 0 Å². The van der Waals surface area contributed by atoms with Crippen molar-refractivity contribution in [1.82, 2.24) is 34.4 Å². The maximum Gasteiger partial charge on any atom is 0.277 e. The van der Waals surface area contributed by atoms with Crippen molar-refractivity contribution in [1.29, 1.82) is 0 Å². The molecule has 0 bridgehead atoms. The molecule has 5 aromatic rings. The van der Waals surface area contributed by atoms with Crippen molar-refractivity contribution in [3.8, 4) is 39.5 Å². The molecule has 1 saturated carbocycles. The SMILES string of the molecule is COc1nc(-c2cccc(-c3ccnc(-c4cc5c(=O)n(C)c(CN6CC(C)(O)C6)nn5c4)c3Cl)c2Cl)ccc1CNC1CCC(O)CC1. The Bertz CT molecular complexity index is 2080. The molecule has 5 heterocycles. The summed E-state index contributed by atoms with van der Waals surface area (Å²) in [6.07, 6.45) is 6.75. The number of aliphatic hydroxyl groups excluding tert-OH is 1. The molecule has 4 aromatic heterocycles. The number of pyridine rings is 2. The second-order valence-electron chi connectivity index (χ2n) is 13.4. The van der Waals surface area contributed by atoms with E-state index in [4.69, 9.17) is 38.0 Å². The van der Waals surface area contributed by atoms with Crippen molar-refractivity contribution < 1.29 is 14.9 Å². The van der Waals surface area contributed by atoms with Gasteiger partial charge in [-0.2, -0.15) is 5.10 Å². The Kier molecular flexibility index (Phi) is 9.25. The molecule has 1 saturated heterocycles. The number of hydrogen-bond acceptors (Lipinski definition) is 9. The van der Waals surface area contributed by atoms with Crippen LogP contribution in [-0.2, 0) is 20.1 Å². The van der Waals surface area contributed by atoms with Crippen LogP contribution in [0.25, 0.3) is 39.2 Å². The standard InChI is InChI=1S/C36H39Cl2N7O4/c1-36(48)19-44(20-36)18-30-42-45-17-22(15-29(45)35(47)43(30)2)33-32(38)26(13-14-39-33)25-5-4-6-27(31(25)37)28-12-7-21(34(41-28)49-3)16-40-23-8-10-24(46)11-9-23/h4-7,12-15,17,23-24,40,46,48H,8-11,16,18-20H2,1-3H3. The lowest BCUT2D eigenvalue weighted by molar-refractivity contribution is -0.0885. The van der Waals surface area contributed by atoms with E-state index >= 15 is 0 Å². The van der Waals surface area contributed by atoms with Crippen LogP contribution in [0.1, 0.15) is 44.0 Å². The average molecular weight is 705 g/mol. The predicted octanol–water partition coefficient (Wildman–Crippen LogP) is 5.10. The number of rotatable bonds is 9. The number of likely N-dealkylation sites (tertiary alicyclic amines) is 1. The highest BCUT2D eigenvalue weighted by atomic mass is 35.5. The van der Waals surface area contributed by atoms with Crippen LogP contribution < -0.4 is 15.6 Å². The average Bonchev–Trinajstić information content (AvgIpc) is 3.50. The second-order valence-corrected chi connectivity index (χ2v) is 14.2. The van der Waals surface area contributed by atoms with Gasteiger partial charge in [-0.25, -0.2) is 9.50 Å². The Morgan fingerprint density at radius 1 is 1.04 bits per heavy atom. The molecule has 0 atom stereocenters. The highest BCUT2D eigenvalue weighted by Crippen LogP contribution is 2.42.